The average molecular weight is 518 g/mol. The first-order chi connectivity index (χ1) is 18.7. The SMILES string of the molecule is CCCCC(C)(CCC)c1cc2c(cc1-c1n(C)nc(C)[n+]1-c1ccccc1C#N)C(C)(C)c1ccccc1-2. The monoisotopic (exact) mass is 517 g/mol. The average Bonchev–Trinajstić information content (AvgIpc) is 3.35. The van der Waals surface area contributed by atoms with Crippen LogP contribution in [0.4, 0.5) is 0 Å². The van der Waals surface area contributed by atoms with Crippen molar-refractivity contribution in [2.45, 2.75) is 84.5 Å². The van der Waals surface area contributed by atoms with Crippen molar-refractivity contribution in [1.29, 1.82) is 5.26 Å². The molecule has 4 heteroatoms. The third-order valence-corrected chi connectivity index (χ3v) is 8.90. The van der Waals surface area contributed by atoms with Crippen molar-refractivity contribution in [3.8, 4) is 34.3 Å². The van der Waals surface area contributed by atoms with E-state index in [4.69, 9.17) is 5.10 Å². The van der Waals surface area contributed by atoms with Gasteiger partial charge in [-0.25, -0.2) is 0 Å². The maximum atomic E-state index is 9.99. The number of para-hydroxylation sites is 1. The lowest BCUT2D eigenvalue weighted by Gasteiger charge is -2.33. The van der Waals surface area contributed by atoms with Gasteiger partial charge >= 0.3 is 0 Å². The van der Waals surface area contributed by atoms with E-state index in [0.29, 0.717) is 5.56 Å². The van der Waals surface area contributed by atoms with Crippen LogP contribution in [-0.4, -0.2) is 9.78 Å². The van der Waals surface area contributed by atoms with Gasteiger partial charge in [-0.2, -0.15) is 9.83 Å². The molecule has 1 aliphatic carbocycles. The lowest BCUT2D eigenvalue weighted by molar-refractivity contribution is -0.591. The number of rotatable bonds is 8. The second kappa shape index (κ2) is 10.1. The van der Waals surface area contributed by atoms with Crippen molar-refractivity contribution < 1.29 is 4.57 Å². The molecule has 0 saturated carbocycles. The Bertz CT molecular complexity index is 1580. The summed E-state index contributed by atoms with van der Waals surface area (Å²) in [7, 11) is 2.04. The predicted octanol–water partition coefficient (Wildman–Crippen LogP) is 8.10. The van der Waals surface area contributed by atoms with Crippen LogP contribution in [0.3, 0.4) is 0 Å². The van der Waals surface area contributed by atoms with E-state index in [-0.39, 0.29) is 10.8 Å². The number of unbranched alkanes of at least 4 members (excludes halogenated alkanes) is 1. The van der Waals surface area contributed by atoms with Crippen molar-refractivity contribution >= 4 is 0 Å². The molecule has 0 fully saturated rings. The summed E-state index contributed by atoms with van der Waals surface area (Å²) in [6.45, 7) is 13.8. The quantitative estimate of drug-likeness (QED) is 0.222. The Morgan fingerprint density at radius 1 is 0.923 bits per heavy atom. The first-order valence-electron chi connectivity index (χ1n) is 14.4. The van der Waals surface area contributed by atoms with E-state index in [1.54, 1.807) is 0 Å². The van der Waals surface area contributed by atoms with Crippen LogP contribution >= 0.6 is 0 Å². The Balaban J connectivity index is 1.89. The summed E-state index contributed by atoms with van der Waals surface area (Å²) in [5, 5.41) is 14.9. The topological polar surface area (TPSA) is 45.5 Å². The first kappa shape index (κ1) is 26.9. The number of benzene rings is 3. The molecule has 0 bridgehead atoms. The van der Waals surface area contributed by atoms with Crippen LogP contribution in [0.5, 0.6) is 0 Å². The highest BCUT2D eigenvalue weighted by molar-refractivity contribution is 5.84. The van der Waals surface area contributed by atoms with E-state index in [2.05, 4.69) is 81.7 Å². The van der Waals surface area contributed by atoms with E-state index < -0.39 is 0 Å². The highest BCUT2D eigenvalue weighted by Crippen LogP contribution is 2.52. The van der Waals surface area contributed by atoms with Gasteiger partial charge in [-0.1, -0.05) is 90.3 Å². The van der Waals surface area contributed by atoms with Gasteiger partial charge in [-0.05, 0) is 70.3 Å². The minimum Gasteiger partial charge on any atom is -0.193 e. The van der Waals surface area contributed by atoms with Gasteiger partial charge in [0.05, 0.1) is 18.2 Å². The van der Waals surface area contributed by atoms with Crippen LogP contribution in [0.2, 0.25) is 0 Å². The van der Waals surface area contributed by atoms with Gasteiger partial charge < -0.3 is 0 Å². The molecule has 0 radical (unpaired) electrons. The van der Waals surface area contributed by atoms with Crippen molar-refractivity contribution in [1.82, 2.24) is 9.78 Å². The molecule has 0 saturated heterocycles. The fraction of sp³-hybridized carbons (Fsp3) is 0.400. The zero-order chi connectivity index (χ0) is 27.9. The summed E-state index contributed by atoms with van der Waals surface area (Å²) in [5.74, 6) is 1.90. The van der Waals surface area contributed by atoms with Gasteiger partial charge in [-0.3, -0.25) is 0 Å². The lowest BCUT2D eigenvalue weighted by Crippen LogP contribution is -2.37. The Morgan fingerprint density at radius 3 is 2.36 bits per heavy atom. The fourth-order valence-electron chi connectivity index (χ4n) is 6.90. The summed E-state index contributed by atoms with van der Waals surface area (Å²) in [6, 6.07) is 24.1. The maximum absolute atomic E-state index is 9.99. The van der Waals surface area contributed by atoms with Crippen LogP contribution in [0, 0.1) is 18.3 Å². The fourth-order valence-corrected chi connectivity index (χ4v) is 6.90. The van der Waals surface area contributed by atoms with Crippen LogP contribution in [-0.2, 0) is 17.9 Å². The second-order valence-corrected chi connectivity index (χ2v) is 12.0. The van der Waals surface area contributed by atoms with E-state index in [1.165, 1.54) is 46.2 Å². The molecule has 1 heterocycles. The molecule has 4 aromatic rings. The summed E-state index contributed by atoms with van der Waals surface area (Å²) in [6.07, 6.45) is 5.75. The largest absolute Gasteiger partial charge is 0.279 e. The number of nitrogens with zero attached hydrogens (tertiary/aromatic N) is 4. The molecular weight excluding hydrogens is 476 g/mol. The minimum atomic E-state index is -0.104. The molecular formula is C35H41N4+. The predicted molar refractivity (Wildman–Crippen MR) is 159 cm³/mol. The van der Waals surface area contributed by atoms with Crippen molar-refractivity contribution in [2.75, 3.05) is 0 Å². The standard InChI is InChI=1S/C35H41N4/c1-8-10-20-35(6,19-9-2)31-21-27-26-16-12-13-17-29(26)34(4,5)30(27)22-28(31)33-38(7)37-24(3)39(33)32-18-14-11-15-25(32)23-36/h11-18,21-22H,8-10,19-20H2,1-7H3/q+1. The second-order valence-electron chi connectivity index (χ2n) is 12.0. The van der Waals surface area contributed by atoms with Gasteiger partial charge in [0.2, 0.25) is 0 Å². The minimum absolute atomic E-state index is 0.0154. The molecule has 1 aliphatic rings. The number of hydrogen-bond donors (Lipinski definition) is 0. The number of hydrogen-bond acceptors (Lipinski definition) is 2. The van der Waals surface area contributed by atoms with Gasteiger partial charge in [0.15, 0.2) is 0 Å². The van der Waals surface area contributed by atoms with Crippen LogP contribution in [0.1, 0.15) is 94.8 Å². The third kappa shape index (κ3) is 4.29. The van der Waals surface area contributed by atoms with Gasteiger partial charge in [0, 0.05) is 17.4 Å². The molecule has 1 aromatic heterocycles. The van der Waals surface area contributed by atoms with E-state index in [0.717, 1.165) is 36.6 Å². The van der Waals surface area contributed by atoms with E-state index in [9.17, 15) is 5.26 Å². The van der Waals surface area contributed by atoms with Crippen LogP contribution in [0.25, 0.3) is 28.2 Å². The molecule has 0 aliphatic heterocycles. The van der Waals surface area contributed by atoms with Crippen molar-refractivity contribution in [3.05, 3.63) is 88.7 Å². The van der Waals surface area contributed by atoms with E-state index >= 15 is 0 Å². The number of nitriles is 1. The molecule has 200 valence electrons. The highest BCUT2D eigenvalue weighted by atomic mass is 15.4. The van der Waals surface area contributed by atoms with Gasteiger partial charge in [0.25, 0.3) is 11.6 Å². The number of aryl methyl sites for hydroxylation is 2. The number of fused-ring (bicyclic) bond motifs is 3. The Kier molecular flexibility index (Phi) is 6.97. The smallest absolute Gasteiger partial charge is 0.193 e. The lowest BCUT2D eigenvalue weighted by atomic mass is 9.71. The Hall–Kier alpha value is -3.71. The molecule has 1 atom stereocenters. The molecule has 4 nitrogen and oxygen atoms in total. The molecule has 0 N–H and O–H groups in total. The first-order valence-corrected chi connectivity index (χ1v) is 14.4. The summed E-state index contributed by atoms with van der Waals surface area (Å²) < 4.78 is 4.20. The zero-order valence-electron chi connectivity index (χ0n) is 24.6. The van der Waals surface area contributed by atoms with Gasteiger partial charge in [-0.15, -0.1) is 4.68 Å². The number of aromatic nitrogens is 3. The van der Waals surface area contributed by atoms with Crippen molar-refractivity contribution in [3.63, 3.8) is 0 Å². The molecule has 0 amide bonds. The Labute approximate surface area is 234 Å². The summed E-state index contributed by atoms with van der Waals surface area (Å²) >= 11 is 0. The van der Waals surface area contributed by atoms with E-state index in [1.807, 2.05) is 42.9 Å². The van der Waals surface area contributed by atoms with Gasteiger partial charge in [0.1, 0.15) is 11.8 Å². The molecule has 5 rings (SSSR count). The Morgan fingerprint density at radius 2 is 1.64 bits per heavy atom. The molecule has 1 unspecified atom stereocenters. The summed E-state index contributed by atoms with van der Waals surface area (Å²) in [4.78, 5) is 0. The van der Waals surface area contributed by atoms with Crippen LogP contribution < -0.4 is 4.57 Å². The molecule has 0 spiro atoms. The highest BCUT2D eigenvalue weighted by Gasteiger charge is 2.40. The van der Waals surface area contributed by atoms with Crippen LogP contribution in [0.15, 0.2) is 60.7 Å². The zero-order valence-corrected chi connectivity index (χ0v) is 24.6. The third-order valence-electron chi connectivity index (χ3n) is 8.90. The maximum Gasteiger partial charge on any atom is 0.279 e. The summed E-state index contributed by atoms with van der Waals surface area (Å²) in [5.41, 5.74) is 9.49. The van der Waals surface area contributed by atoms with Crippen molar-refractivity contribution in [2.24, 2.45) is 7.05 Å². The molecule has 3 aromatic carbocycles. The normalized spacial score (nSPS) is 14.9. The molecule has 39 heavy (non-hydrogen) atoms.